The van der Waals surface area contributed by atoms with Crippen LogP contribution in [0.1, 0.15) is 11.4 Å². The highest BCUT2D eigenvalue weighted by Crippen LogP contribution is 2.07. The minimum atomic E-state index is 0.867. The first-order valence-electron chi connectivity index (χ1n) is 8.33. The summed E-state index contributed by atoms with van der Waals surface area (Å²) in [6, 6.07) is 4.36. The Morgan fingerprint density at radius 1 is 0.875 bits per heavy atom. The Morgan fingerprint density at radius 3 is 2.38 bits per heavy atom. The van der Waals surface area contributed by atoms with Crippen LogP contribution in [0.4, 0.5) is 0 Å². The molecule has 0 fully saturated rings. The first-order valence-corrected chi connectivity index (χ1v) is 8.33. The van der Waals surface area contributed by atoms with Crippen molar-refractivity contribution in [3.63, 3.8) is 0 Å². The molecule has 0 amide bonds. The monoisotopic (exact) mass is 321 g/mol. The van der Waals surface area contributed by atoms with Crippen LogP contribution in [0.25, 0.3) is 0 Å². The standard InChI is InChI=1S/C18H21N6/c1-2-18-12-23-7-8-24(15-23)14-20-4-3-16(9-20)10-21-5-6-22(13-21)11-17(1)19-18/h1-8,13,15,19H,9-12,14H2/q+3. The summed E-state index contributed by atoms with van der Waals surface area (Å²) in [5.74, 6) is 0. The second-order valence-electron chi connectivity index (χ2n) is 6.73. The van der Waals surface area contributed by atoms with Crippen LogP contribution >= 0.6 is 0 Å². The minimum absolute atomic E-state index is 0.867. The second kappa shape index (κ2) is 5.33. The van der Waals surface area contributed by atoms with Crippen LogP contribution in [-0.4, -0.2) is 31.5 Å². The summed E-state index contributed by atoms with van der Waals surface area (Å²) in [6.45, 7) is 4.56. The Labute approximate surface area is 140 Å². The molecular formula is C18H21N6+3. The predicted octanol–water partition coefficient (Wildman–Crippen LogP) is 0.284. The fraction of sp³-hybridized carbons (Fsp3) is 0.278. The van der Waals surface area contributed by atoms with Crippen molar-refractivity contribution >= 4 is 6.21 Å². The van der Waals surface area contributed by atoms with E-state index in [0.29, 0.717) is 0 Å². The first-order chi connectivity index (χ1) is 11.8. The number of H-pyrrole nitrogens is 1. The molecule has 0 unspecified atom stereocenters. The fourth-order valence-electron chi connectivity index (χ4n) is 3.53. The van der Waals surface area contributed by atoms with Gasteiger partial charge < -0.3 is 4.98 Å². The normalized spacial score (nSPS) is 16.8. The Hall–Kier alpha value is -2.89. The molecule has 6 heteroatoms. The summed E-state index contributed by atoms with van der Waals surface area (Å²) in [4.78, 5) is 3.53. The molecule has 0 saturated heterocycles. The predicted molar refractivity (Wildman–Crippen MR) is 87.5 cm³/mol. The quantitative estimate of drug-likeness (QED) is 0.578. The Kier molecular flexibility index (Phi) is 3.01. The summed E-state index contributed by atoms with van der Waals surface area (Å²) in [6.07, 6.45) is 17.4. The molecular weight excluding hydrogens is 300 g/mol. The van der Waals surface area contributed by atoms with E-state index < -0.39 is 0 Å². The van der Waals surface area contributed by atoms with Gasteiger partial charge in [0.2, 0.25) is 12.7 Å². The average molecular weight is 321 g/mol. The van der Waals surface area contributed by atoms with Gasteiger partial charge in [0.25, 0.3) is 6.67 Å². The molecule has 120 valence electrons. The van der Waals surface area contributed by atoms with E-state index in [-0.39, 0.29) is 0 Å². The third-order valence-electron chi connectivity index (χ3n) is 4.66. The lowest BCUT2D eigenvalue weighted by Gasteiger charge is -2.00. The van der Waals surface area contributed by atoms with Crippen molar-refractivity contribution in [3.8, 4) is 0 Å². The van der Waals surface area contributed by atoms with Crippen molar-refractivity contribution in [1.82, 2.24) is 14.1 Å². The molecule has 2 aliphatic heterocycles. The van der Waals surface area contributed by atoms with E-state index in [2.05, 4.69) is 89.7 Å². The Morgan fingerprint density at radius 2 is 1.58 bits per heavy atom. The maximum Gasteiger partial charge on any atom is 0.284 e. The van der Waals surface area contributed by atoms with E-state index in [1.54, 1.807) is 0 Å². The molecule has 24 heavy (non-hydrogen) atoms. The van der Waals surface area contributed by atoms with E-state index >= 15 is 0 Å². The molecule has 5 rings (SSSR count). The van der Waals surface area contributed by atoms with E-state index in [0.717, 1.165) is 32.8 Å². The van der Waals surface area contributed by atoms with Gasteiger partial charge in [-0.1, -0.05) is 0 Å². The highest BCUT2D eigenvalue weighted by Gasteiger charge is 2.20. The molecule has 1 N–H and O–H groups in total. The summed E-state index contributed by atoms with van der Waals surface area (Å²) in [7, 11) is 0. The highest BCUT2D eigenvalue weighted by atomic mass is 15.2. The average Bonchev–Trinajstić information content (AvgIpc) is 3.32. The van der Waals surface area contributed by atoms with Gasteiger partial charge in [-0.3, -0.25) is 0 Å². The van der Waals surface area contributed by atoms with Crippen LogP contribution in [0, 0.1) is 0 Å². The number of rotatable bonds is 0. The maximum atomic E-state index is 3.53. The number of hydrogen-bond acceptors (Lipinski definition) is 0. The molecule has 5 heterocycles. The third kappa shape index (κ3) is 2.60. The van der Waals surface area contributed by atoms with Gasteiger partial charge in [0.15, 0.2) is 12.8 Å². The second-order valence-corrected chi connectivity index (χ2v) is 6.73. The number of nitrogens with zero attached hydrogens (tertiary/aromatic N) is 5. The molecule has 0 spiro atoms. The molecule has 0 atom stereocenters. The molecule has 0 aromatic carbocycles. The van der Waals surface area contributed by atoms with E-state index in [9.17, 15) is 0 Å². The van der Waals surface area contributed by atoms with Crippen molar-refractivity contribution in [2.75, 3.05) is 6.54 Å². The lowest BCUT2D eigenvalue weighted by Crippen LogP contribution is -2.39. The lowest BCUT2D eigenvalue weighted by atomic mass is 10.3. The van der Waals surface area contributed by atoms with Gasteiger partial charge in [-0.15, -0.1) is 0 Å². The third-order valence-corrected chi connectivity index (χ3v) is 4.66. The van der Waals surface area contributed by atoms with Crippen molar-refractivity contribution in [3.05, 3.63) is 72.6 Å². The molecule has 0 aliphatic carbocycles. The van der Waals surface area contributed by atoms with Crippen LogP contribution in [0.15, 0.2) is 61.2 Å². The van der Waals surface area contributed by atoms with Crippen molar-refractivity contribution in [1.29, 1.82) is 0 Å². The highest BCUT2D eigenvalue weighted by molar-refractivity contribution is 5.69. The summed E-state index contributed by atoms with van der Waals surface area (Å²) < 4.78 is 11.3. The van der Waals surface area contributed by atoms with Crippen LogP contribution < -0.4 is 9.13 Å². The molecule has 3 aromatic heterocycles. The van der Waals surface area contributed by atoms with Crippen LogP contribution in [0.2, 0.25) is 0 Å². The van der Waals surface area contributed by atoms with Crippen molar-refractivity contribution < 1.29 is 13.7 Å². The van der Waals surface area contributed by atoms with Crippen LogP contribution in [0.3, 0.4) is 0 Å². The summed E-state index contributed by atoms with van der Waals surface area (Å²) in [5, 5.41) is 0. The molecule has 0 radical (unpaired) electrons. The molecule has 8 bridgehead atoms. The number of aromatic nitrogens is 5. The number of imidazole rings is 2. The van der Waals surface area contributed by atoms with Gasteiger partial charge in [-0.2, -0.15) is 9.14 Å². The van der Waals surface area contributed by atoms with Crippen molar-refractivity contribution in [2.45, 2.75) is 26.3 Å². The van der Waals surface area contributed by atoms with Gasteiger partial charge in [0, 0.05) is 11.6 Å². The fourth-order valence-corrected chi connectivity index (χ4v) is 3.53. The van der Waals surface area contributed by atoms with E-state index in [1.165, 1.54) is 17.0 Å². The van der Waals surface area contributed by atoms with Gasteiger partial charge in [0.1, 0.15) is 44.4 Å². The molecule has 0 saturated carbocycles. The smallest absolute Gasteiger partial charge is 0.284 e. The van der Waals surface area contributed by atoms with Gasteiger partial charge in [-0.25, -0.2) is 13.7 Å². The Balaban J connectivity index is 1.49. The number of fused-ring (bicyclic) bond motifs is 8. The zero-order chi connectivity index (χ0) is 15.9. The summed E-state index contributed by atoms with van der Waals surface area (Å²) >= 11 is 0. The van der Waals surface area contributed by atoms with Gasteiger partial charge in [-0.05, 0) is 12.1 Å². The number of allylic oxidation sites excluding steroid dienone is 1. The largest absolute Gasteiger partial charge is 0.356 e. The minimum Gasteiger partial charge on any atom is -0.356 e. The van der Waals surface area contributed by atoms with E-state index in [4.69, 9.17) is 0 Å². The number of nitrogens with one attached hydrogen (secondary N) is 1. The zero-order valence-corrected chi connectivity index (χ0v) is 13.5. The lowest BCUT2D eigenvalue weighted by molar-refractivity contribution is -0.845. The van der Waals surface area contributed by atoms with Gasteiger partial charge in [0.05, 0.1) is 11.4 Å². The number of aromatic amines is 1. The molecule has 6 nitrogen and oxygen atoms in total. The van der Waals surface area contributed by atoms with E-state index in [1.807, 2.05) is 0 Å². The zero-order valence-electron chi connectivity index (χ0n) is 13.5. The maximum absolute atomic E-state index is 3.53. The van der Waals surface area contributed by atoms with Crippen LogP contribution in [-0.2, 0) is 26.3 Å². The Bertz CT molecular complexity index is 877. The van der Waals surface area contributed by atoms with Crippen molar-refractivity contribution in [2.24, 2.45) is 0 Å². The van der Waals surface area contributed by atoms with Gasteiger partial charge >= 0.3 is 0 Å². The first kappa shape index (κ1) is 13.5. The van der Waals surface area contributed by atoms with Crippen LogP contribution in [0.5, 0.6) is 0 Å². The topological polar surface area (TPSA) is 36.4 Å². The number of hydrogen-bond donors (Lipinski definition) is 1. The molecule has 3 aromatic rings. The SMILES string of the molecule is C1=C2C[N+](=C1)C[n+]1ccn(c1)Cc1ccc([nH]1)Cn1cc[n+](c1)C2. The summed E-state index contributed by atoms with van der Waals surface area (Å²) in [5.41, 5.74) is 3.91. The molecule has 2 aliphatic rings.